The fourth-order valence-corrected chi connectivity index (χ4v) is 6.69. The summed E-state index contributed by atoms with van der Waals surface area (Å²) >= 11 is 4.10. The first kappa shape index (κ1) is 57.4. The predicted octanol–water partition coefficient (Wildman–Crippen LogP) is -5.82. The fraction of sp³-hybridized carbons (Fsp3) is 0.718. The number of primary amides is 1. The van der Waals surface area contributed by atoms with Gasteiger partial charge in [-0.05, 0) is 63.8 Å². The first-order valence-electron chi connectivity index (χ1n) is 21.3. The summed E-state index contributed by atoms with van der Waals surface area (Å²) in [6, 6.07) is -10.1. The zero-order chi connectivity index (χ0) is 49.6. The number of amides is 10. The van der Waals surface area contributed by atoms with Gasteiger partial charge in [-0.2, -0.15) is 12.6 Å². The van der Waals surface area contributed by atoms with Gasteiger partial charge in [0.2, 0.25) is 59.1 Å². The number of carboxylic acids is 1. The van der Waals surface area contributed by atoms with Crippen molar-refractivity contribution in [3.05, 3.63) is 0 Å². The maximum absolute atomic E-state index is 13.3. The third-order valence-corrected chi connectivity index (χ3v) is 10.4. The van der Waals surface area contributed by atoms with Gasteiger partial charge in [0.15, 0.2) is 0 Å². The number of aliphatic hydroxyl groups excluding tert-OH is 1. The Morgan fingerprint density at radius 1 is 0.708 bits per heavy atom. The molecule has 16 N–H and O–H groups in total. The summed E-state index contributed by atoms with van der Waals surface area (Å²) in [6.45, 7) is 6.63. The molecule has 0 aromatic rings. The number of carbonyl (C=O) groups excluding carboxylic acids is 10. The van der Waals surface area contributed by atoms with Crippen LogP contribution in [0.5, 0.6) is 0 Å². The van der Waals surface area contributed by atoms with Crippen LogP contribution in [0.1, 0.15) is 79.6 Å². The molecule has 368 valence electrons. The number of thiol groups is 1. The van der Waals surface area contributed by atoms with Gasteiger partial charge in [-0.25, -0.2) is 4.79 Å². The van der Waals surface area contributed by atoms with E-state index in [1.807, 2.05) is 0 Å². The number of likely N-dealkylation sites (tertiary alicyclic amines) is 1. The number of aliphatic carboxylic acids is 1. The van der Waals surface area contributed by atoms with Crippen LogP contribution in [0.25, 0.3) is 0 Å². The lowest BCUT2D eigenvalue weighted by atomic mass is 10.0. The van der Waals surface area contributed by atoms with Crippen molar-refractivity contribution in [1.82, 2.24) is 47.4 Å². The normalized spacial score (nSPS) is 16.7. The molecule has 26 heteroatoms. The SMILES string of the molecule is CC(C)C[C@H](NC(=O)[C@@H](N)CO)C(=O)NCC(=O)N[C@@H](CCCCN)C(=O)NCC(=O)N[C@H](C(=O)N[C@@H](C)C(=O)N[C@@H](CS)C(=O)N[C@@H](CC(N)=O)C(=O)N1CCC[C@H]1C(=O)O)C(C)C. The van der Waals surface area contributed by atoms with Gasteiger partial charge in [-0.3, -0.25) is 47.9 Å². The molecule has 0 unspecified atom stereocenters. The summed E-state index contributed by atoms with van der Waals surface area (Å²) in [7, 11) is 0. The summed E-state index contributed by atoms with van der Waals surface area (Å²) < 4.78 is 0. The maximum Gasteiger partial charge on any atom is 0.326 e. The average Bonchev–Trinajstić information content (AvgIpc) is 3.74. The summed E-state index contributed by atoms with van der Waals surface area (Å²) in [6.07, 6.45) is 1.12. The van der Waals surface area contributed by atoms with E-state index in [9.17, 15) is 57.8 Å². The quantitative estimate of drug-likeness (QED) is 0.0245. The minimum atomic E-state index is -1.54. The summed E-state index contributed by atoms with van der Waals surface area (Å²) in [5, 5.41) is 38.1. The van der Waals surface area contributed by atoms with E-state index in [4.69, 9.17) is 22.3 Å². The van der Waals surface area contributed by atoms with Gasteiger partial charge in [0, 0.05) is 12.3 Å². The Balaban J connectivity index is 2.89. The zero-order valence-corrected chi connectivity index (χ0v) is 38.4. The Labute approximate surface area is 382 Å². The van der Waals surface area contributed by atoms with E-state index in [1.165, 1.54) is 6.92 Å². The predicted molar refractivity (Wildman–Crippen MR) is 236 cm³/mol. The average molecular weight is 945 g/mol. The van der Waals surface area contributed by atoms with Crippen LogP contribution in [0.4, 0.5) is 0 Å². The largest absolute Gasteiger partial charge is 0.480 e. The van der Waals surface area contributed by atoms with Crippen molar-refractivity contribution in [1.29, 1.82) is 0 Å². The van der Waals surface area contributed by atoms with E-state index >= 15 is 0 Å². The number of nitrogens with two attached hydrogens (primary N) is 3. The number of aliphatic hydroxyl groups is 1. The number of hydrogen-bond donors (Lipinski definition) is 14. The van der Waals surface area contributed by atoms with Gasteiger partial charge in [-0.15, -0.1) is 0 Å². The van der Waals surface area contributed by atoms with E-state index in [0.29, 0.717) is 25.8 Å². The highest BCUT2D eigenvalue weighted by Gasteiger charge is 2.39. The third-order valence-electron chi connectivity index (χ3n) is 9.99. The summed E-state index contributed by atoms with van der Waals surface area (Å²) in [4.78, 5) is 141. The molecule has 1 heterocycles. The molecule has 0 radical (unpaired) electrons. The molecule has 8 atom stereocenters. The lowest BCUT2D eigenvalue weighted by Crippen LogP contribution is -2.59. The number of nitrogens with zero attached hydrogens (tertiary/aromatic N) is 1. The maximum atomic E-state index is 13.3. The van der Waals surface area contributed by atoms with Crippen molar-refractivity contribution in [2.45, 2.75) is 128 Å². The van der Waals surface area contributed by atoms with Gasteiger partial charge in [0.05, 0.1) is 26.1 Å². The monoisotopic (exact) mass is 944 g/mol. The van der Waals surface area contributed by atoms with Crippen LogP contribution >= 0.6 is 12.6 Å². The molecule has 0 spiro atoms. The van der Waals surface area contributed by atoms with Gasteiger partial charge >= 0.3 is 5.97 Å². The number of carboxylic acid groups (broad SMARTS) is 1. The smallest absolute Gasteiger partial charge is 0.326 e. The lowest BCUT2D eigenvalue weighted by molar-refractivity contribution is -0.149. The molecule has 1 fully saturated rings. The summed E-state index contributed by atoms with van der Waals surface area (Å²) in [5.41, 5.74) is 16.4. The van der Waals surface area contributed by atoms with Crippen LogP contribution in [0.15, 0.2) is 0 Å². The lowest BCUT2D eigenvalue weighted by Gasteiger charge is -2.28. The molecule has 1 rings (SSSR count). The van der Waals surface area contributed by atoms with Gasteiger partial charge < -0.3 is 74.8 Å². The molecule has 0 aromatic heterocycles. The highest BCUT2D eigenvalue weighted by atomic mass is 32.1. The van der Waals surface area contributed by atoms with E-state index < -0.39 is 145 Å². The van der Waals surface area contributed by atoms with E-state index in [-0.39, 0.29) is 37.5 Å². The van der Waals surface area contributed by atoms with Crippen molar-refractivity contribution in [3.8, 4) is 0 Å². The number of unbranched alkanes of at least 4 members (excludes halogenated alkanes) is 1. The second-order valence-electron chi connectivity index (χ2n) is 16.3. The van der Waals surface area contributed by atoms with Gasteiger partial charge in [0.1, 0.15) is 48.3 Å². The van der Waals surface area contributed by atoms with Crippen LogP contribution in [0.2, 0.25) is 0 Å². The third kappa shape index (κ3) is 20.4. The molecule has 65 heavy (non-hydrogen) atoms. The van der Waals surface area contributed by atoms with Crippen molar-refractivity contribution in [2.75, 3.05) is 38.5 Å². The second kappa shape index (κ2) is 29.0. The minimum absolute atomic E-state index is 0.0474. The molecular weight excluding hydrogens is 877 g/mol. The second-order valence-corrected chi connectivity index (χ2v) is 16.7. The number of carbonyl (C=O) groups is 11. The van der Waals surface area contributed by atoms with Crippen LogP contribution in [-0.4, -0.2) is 167 Å². The first-order valence-corrected chi connectivity index (χ1v) is 21.9. The molecular formula is C39H68N12O13S. The van der Waals surface area contributed by atoms with Crippen molar-refractivity contribution >= 4 is 77.7 Å². The number of hydrogen-bond acceptors (Lipinski definition) is 15. The Morgan fingerprint density at radius 2 is 1.28 bits per heavy atom. The number of nitrogens with one attached hydrogen (secondary N) is 8. The topological polar surface area (TPSA) is 406 Å². The Kier molecular flexibility index (Phi) is 25.7. The van der Waals surface area contributed by atoms with E-state index in [0.717, 1.165) is 4.90 Å². The Hall–Kier alpha value is -5.60. The molecule has 1 aliphatic rings. The fourth-order valence-electron chi connectivity index (χ4n) is 6.43. The van der Waals surface area contributed by atoms with Crippen molar-refractivity contribution in [2.24, 2.45) is 29.0 Å². The Morgan fingerprint density at radius 3 is 1.80 bits per heavy atom. The summed E-state index contributed by atoms with van der Waals surface area (Å²) in [5.74, 6) is -10.4. The molecule has 0 saturated carbocycles. The van der Waals surface area contributed by atoms with Crippen LogP contribution < -0.4 is 59.7 Å². The molecule has 0 aromatic carbocycles. The molecule has 10 amide bonds. The van der Waals surface area contributed by atoms with Crippen LogP contribution in [0, 0.1) is 11.8 Å². The zero-order valence-electron chi connectivity index (χ0n) is 37.5. The van der Waals surface area contributed by atoms with E-state index in [2.05, 4.69) is 55.2 Å². The van der Waals surface area contributed by atoms with Crippen molar-refractivity contribution in [3.63, 3.8) is 0 Å². The van der Waals surface area contributed by atoms with E-state index in [1.54, 1.807) is 27.7 Å². The molecule has 1 saturated heterocycles. The van der Waals surface area contributed by atoms with Gasteiger partial charge in [0.25, 0.3) is 0 Å². The minimum Gasteiger partial charge on any atom is -0.480 e. The first-order chi connectivity index (χ1) is 30.5. The standard InChI is InChI=1S/C39H68N12O13S/c1-19(2)13-24(47-33(57)22(41)17-52)35(59)44-15-29(54)46-23(9-6-7-11-40)34(58)43-16-30(55)50-31(20(3)4)37(61)45-21(5)32(56)49-26(18-65)36(60)48-25(14-28(42)53)38(62)51-12-8-10-27(51)39(63)64/h19-27,31,52,65H,6-18,40-41H2,1-5H3,(H2,42,53)(H,43,58)(H,44,59)(H,45,61)(H,46,54)(H,47,57)(H,48,60)(H,49,56)(H,50,55)(H,63,64)/t21-,22-,23-,24-,25-,26-,27-,31-/m0/s1. The Bertz CT molecular complexity index is 1700. The molecule has 25 nitrogen and oxygen atoms in total. The van der Waals surface area contributed by atoms with Crippen LogP contribution in [0.3, 0.4) is 0 Å². The van der Waals surface area contributed by atoms with Gasteiger partial charge in [-0.1, -0.05) is 27.7 Å². The highest BCUT2D eigenvalue weighted by molar-refractivity contribution is 7.80. The van der Waals surface area contributed by atoms with Crippen LogP contribution in [-0.2, 0) is 52.7 Å². The number of rotatable bonds is 29. The highest BCUT2D eigenvalue weighted by Crippen LogP contribution is 2.19. The molecule has 0 aliphatic carbocycles. The molecule has 0 bridgehead atoms. The molecule has 1 aliphatic heterocycles. The van der Waals surface area contributed by atoms with Crippen molar-refractivity contribution < 1.29 is 63.0 Å².